The van der Waals surface area contributed by atoms with Crippen LogP contribution in [0, 0.1) is 0 Å². The molecule has 0 spiro atoms. The van der Waals surface area contributed by atoms with Gasteiger partial charge in [0.1, 0.15) is 10.8 Å². The Hall–Kier alpha value is -2.24. The minimum atomic E-state index is -0.144. The van der Waals surface area contributed by atoms with Gasteiger partial charge in [0, 0.05) is 17.1 Å². The number of amides is 1. The number of hydrogen-bond acceptors (Lipinski definition) is 4. The smallest absolute Gasteiger partial charge is 0.231 e. The van der Waals surface area contributed by atoms with Crippen LogP contribution in [0.25, 0.3) is 10.6 Å². The monoisotopic (exact) mass is 329 g/mol. The molecule has 0 radical (unpaired) electrons. The Morgan fingerprint density at radius 2 is 2.00 bits per heavy atom. The van der Waals surface area contributed by atoms with Gasteiger partial charge in [0.2, 0.25) is 5.91 Å². The van der Waals surface area contributed by atoms with Crippen LogP contribution in [0.2, 0.25) is 5.02 Å². The van der Waals surface area contributed by atoms with E-state index in [-0.39, 0.29) is 12.3 Å². The first-order valence-corrected chi connectivity index (χ1v) is 7.88. The van der Waals surface area contributed by atoms with Gasteiger partial charge in [0.15, 0.2) is 0 Å². The van der Waals surface area contributed by atoms with Crippen molar-refractivity contribution in [3.63, 3.8) is 0 Å². The summed E-state index contributed by atoms with van der Waals surface area (Å²) in [6.45, 7) is 0. The Kier molecular flexibility index (Phi) is 4.46. The number of aromatic nitrogens is 2. The van der Waals surface area contributed by atoms with Crippen LogP contribution in [0.4, 0.5) is 5.82 Å². The summed E-state index contributed by atoms with van der Waals surface area (Å²) < 4.78 is 0. The minimum Gasteiger partial charge on any atom is -0.310 e. The lowest BCUT2D eigenvalue weighted by Crippen LogP contribution is -2.15. The normalized spacial score (nSPS) is 10.4. The highest BCUT2D eigenvalue weighted by atomic mass is 35.5. The molecule has 3 rings (SSSR count). The van der Waals surface area contributed by atoms with E-state index in [9.17, 15) is 4.79 Å². The summed E-state index contributed by atoms with van der Waals surface area (Å²) in [7, 11) is 0. The van der Waals surface area contributed by atoms with Crippen LogP contribution in [-0.2, 0) is 11.2 Å². The number of nitrogens with zero attached hydrogens (tertiary/aromatic N) is 2. The summed E-state index contributed by atoms with van der Waals surface area (Å²) in [6, 6.07) is 12.9. The van der Waals surface area contributed by atoms with E-state index in [0.717, 1.165) is 10.6 Å². The molecular weight excluding hydrogens is 318 g/mol. The summed E-state index contributed by atoms with van der Waals surface area (Å²) in [5.74, 6) is 0.392. The molecule has 6 heteroatoms. The van der Waals surface area contributed by atoms with E-state index < -0.39 is 0 Å². The third-order valence-electron chi connectivity index (χ3n) is 2.93. The van der Waals surface area contributed by atoms with E-state index >= 15 is 0 Å². The second-order valence-electron chi connectivity index (χ2n) is 4.56. The molecule has 0 aliphatic rings. The number of benzene rings is 1. The van der Waals surface area contributed by atoms with Crippen LogP contribution in [0.5, 0.6) is 0 Å². The Morgan fingerprint density at radius 3 is 2.77 bits per heavy atom. The van der Waals surface area contributed by atoms with Gasteiger partial charge in [0.05, 0.1) is 17.1 Å². The van der Waals surface area contributed by atoms with E-state index in [1.165, 1.54) is 11.3 Å². The number of anilines is 1. The molecule has 110 valence electrons. The van der Waals surface area contributed by atoms with Crippen molar-refractivity contribution in [3.05, 3.63) is 64.8 Å². The third-order valence-corrected chi connectivity index (χ3v) is 4.18. The molecule has 22 heavy (non-hydrogen) atoms. The summed E-state index contributed by atoms with van der Waals surface area (Å²) in [4.78, 5) is 20.5. The molecule has 4 nitrogen and oxygen atoms in total. The zero-order valence-corrected chi connectivity index (χ0v) is 13.1. The summed E-state index contributed by atoms with van der Waals surface area (Å²) in [5, 5.41) is 6.08. The maximum Gasteiger partial charge on any atom is 0.231 e. The molecule has 1 N–H and O–H groups in total. The van der Waals surface area contributed by atoms with Gasteiger partial charge < -0.3 is 5.32 Å². The molecule has 1 aromatic carbocycles. The maximum absolute atomic E-state index is 12.0. The van der Waals surface area contributed by atoms with Crippen molar-refractivity contribution in [2.24, 2.45) is 0 Å². The van der Waals surface area contributed by atoms with Gasteiger partial charge in [-0.1, -0.05) is 35.9 Å². The molecule has 1 amide bonds. The van der Waals surface area contributed by atoms with Crippen LogP contribution in [0.15, 0.2) is 54.0 Å². The summed E-state index contributed by atoms with van der Waals surface area (Å²) in [5.41, 5.74) is 1.60. The van der Waals surface area contributed by atoms with E-state index in [1.54, 1.807) is 18.3 Å². The number of rotatable bonds is 4. The minimum absolute atomic E-state index is 0.144. The molecule has 3 aromatic rings. The first kappa shape index (κ1) is 14.7. The molecule has 2 aromatic heterocycles. The number of halogens is 1. The van der Waals surface area contributed by atoms with Crippen molar-refractivity contribution < 1.29 is 4.79 Å². The van der Waals surface area contributed by atoms with Gasteiger partial charge in [0.25, 0.3) is 0 Å². The molecule has 0 saturated carbocycles. The van der Waals surface area contributed by atoms with Crippen LogP contribution in [-0.4, -0.2) is 15.9 Å². The van der Waals surface area contributed by atoms with E-state index in [2.05, 4.69) is 15.3 Å². The van der Waals surface area contributed by atoms with Gasteiger partial charge in [-0.25, -0.2) is 9.97 Å². The quantitative estimate of drug-likeness (QED) is 0.786. The van der Waals surface area contributed by atoms with E-state index in [4.69, 9.17) is 11.6 Å². The average molecular weight is 330 g/mol. The number of carbonyl (C=O) groups excluding carboxylic acids is 1. The number of hydrogen-bond donors (Lipinski definition) is 1. The topological polar surface area (TPSA) is 54.9 Å². The molecule has 0 saturated heterocycles. The van der Waals surface area contributed by atoms with Gasteiger partial charge >= 0.3 is 0 Å². The van der Waals surface area contributed by atoms with Crippen molar-refractivity contribution in [1.29, 1.82) is 0 Å². The second-order valence-corrected chi connectivity index (χ2v) is 5.83. The lowest BCUT2D eigenvalue weighted by molar-refractivity contribution is -0.115. The Labute approximate surface area is 136 Å². The predicted octanol–water partition coefficient (Wildman–Crippen LogP) is 4.04. The standard InChI is InChI=1S/C16H12ClN3OS/c17-13-6-2-1-5-12(13)16-19-11(10-22-16)9-15(21)20-14-7-3-4-8-18-14/h1-8,10H,9H2,(H,18,20,21). The lowest BCUT2D eigenvalue weighted by Gasteiger charge is -2.02. The highest BCUT2D eigenvalue weighted by Crippen LogP contribution is 2.30. The molecule has 0 unspecified atom stereocenters. The Balaban J connectivity index is 1.70. The molecule has 0 aliphatic heterocycles. The molecule has 2 heterocycles. The molecule has 0 bridgehead atoms. The fourth-order valence-corrected chi connectivity index (χ4v) is 3.07. The first-order chi connectivity index (χ1) is 10.7. The largest absolute Gasteiger partial charge is 0.310 e. The van der Waals surface area contributed by atoms with Crippen molar-refractivity contribution in [3.8, 4) is 10.6 Å². The SMILES string of the molecule is O=C(Cc1csc(-c2ccccc2Cl)n1)Nc1ccccn1. The molecule has 0 aliphatic carbocycles. The fourth-order valence-electron chi connectivity index (χ4n) is 1.93. The van der Waals surface area contributed by atoms with Gasteiger partial charge in [-0.2, -0.15) is 0 Å². The zero-order chi connectivity index (χ0) is 15.4. The van der Waals surface area contributed by atoms with Crippen LogP contribution < -0.4 is 5.32 Å². The number of nitrogens with one attached hydrogen (secondary N) is 1. The van der Waals surface area contributed by atoms with Crippen molar-refractivity contribution >= 4 is 34.7 Å². The van der Waals surface area contributed by atoms with Crippen LogP contribution in [0.1, 0.15) is 5.69 Å². The molecular formula is C16H12ClN3OS. The average Bonchev–Trinajstić information content (AvgIpc) is 2.97. The number of thiazole rings is 1. The predicted molar refractivity (Wildman–Crippen MR) is 89.1 cm³/mol. The highest BCUT2D eigenvalue weighted by Gasteiger charge is 2.11. The van der Waals surface area contributed by atoms with Gasteiger partial charge in [-0.15, -0.1) is 11.3 Å². The first-order valence-electron chi connectivity index (χ1n) is 6.62. The van der Waals surface area contributed by atoms with Gasteiger partial charge in [-0.05, 0) is 18.2 Å². The number of pyridine rings is 1. The van der Waals surface area contributed by atoms with E-state index in [0.29, 0.717) is 16.5 Å². The number of carbonyl (C=O) groups is 1. The maximum atomic E-state index is 12.0. The summed E-state index contributed by atoms with van der Waals surface area (Å²) in [6.07, 6.45) is 1.84. The van der Waals surface area contributed by atoms with Crippen LogP contribution >= 0.6 is 22.9 Å². The van der Waals surface area contributed by atoms with Crippen molar-refractivity contribution in [2.45, 2.75) is 6.42 Å². The molecule has 0 fully saturated rings. The summed E-state index contributed by atoms with van der Waals surface area (Å²) >= 11 is 7.63. The van der Waals surface area contributed by atoms with E-state index in [1.807, 2.05) is 35.7 Å². The zero-order valence-electron chi connectivity index (χ0n) is 11.5. The van der Waals surface area contributed by atoms with Gasteiger partial charge in [-0.3, -0.25) is 4.79 Å². The third kappa shape index (κ3) is 3.50. The van der Waals surface area contributed by atoms with Crippen LogP contribution in [0.3, 0.4) is 0 Å². The fraction of sp³-hybridized carbons (Fsp3) is 0.0625. The Bertz CT molecular complexity index is 789. The highest BCUT2D eigenvalue weighted by molar-refractivity contribution is 7.13. The lowest BCUT2D eigenvalue weighted by atomic mass is 10.2. The van der Waals surface area contributed by atoms with Crippen molar-refractivity contribution in [2.75, 3.05) is 5.32 Å². The second kappa shape index (κ2) is 6.68. The van der Waals surface area contributed by atoms with Crippen molar-refractivity contribution in [1.82, 2.24) is 9.97 Å². The Morgan fingerprint density at radius 1 is 1.18 bits per heavy atom. The molecule has 0 atom stereocenters.